The first-order chi connectivity index (χ1) is 10.7. The Bertz CT molecular complexity index is 743. The highest BCUT2D eigenvalue weighted by Crippen LogP contribution is 2.58. The Balaban J connectivity index is 2.24. The third kappa shape index (κ3) is 2.17. The number of aryl methyl sites for hydroxylation is 1. The molecule has 0 saturated heterocycles. The van der Waals surface area contributed by atoms with E-state index in [1.165, 1.54) is 12.5 Å². The molecule has 23 heavy (non-hydrogen) atoms. The van der Waals surface area contributed by atoms with Gasteiger partial charge in [-0.2, -0.15) is 0 Å². The molecule has 122 valence electrons. The Hall–Kier alpha value is -1.90. The number of allylic oxidation sites excluding steroid dienone is 2. The lowest BCUT2D eigenvalue weighted by Gasteiger charge is -2.53. The second-order valence-electron chi connectivity index (χ2n) is 7.45. The molecule has 0 bridgehead atoms. The van der Waals surface area contributed by atoms with Crippen LogP contribution in [0.3, 0.4) is 0 Å². The van der Waals surface area contributed by atoms with Crippen molar-refractivity contribution in [2.75, 3.05) is 0 Å². The first-order valence-electron chi connectivity index (χ1n) is 8.23. The monoisotopic (exact) mass is 312 g/mol. The molecule has 0 unspecified atom stereocenters. The molecule has 3 rings (SSSR count). The fraction of sp³-hybridized carbons (Fsp3) is 0.500. The van der Waals surface area contributed by atoms with E-state index in [0.29, 0.717) is 12.2 Å². The normalized spacial score (nSPS) is 29.4. The lowest BCUT2D eigenvalue weighted by molar-refractivity contribution is -0.131. The maximum atomic E-state index is 12.8. The van der Waals surface area contributed by atoms with E-state index in [1.54, 1.807) is 0 Å². The van der Waals surface area contributed by atoms with Crippen molar-refractivity contribution in [3.8, 4) is 5.75 Å². The van der Waals surface area contributed by atoms with Gasteiger partial charge in [0.25, 0.3) is 0 Å². The van der Waals surface area contributed by atoms with Crippen LogP contribution in [-0.2, 0) is 10.2 Å². The quantitative estimate of drug-likeness (QED) is 0.435. The van der Waals surface area contributed by atoms with E-state index in [2.05, 4.69) is 26.8 Å². The highest BCUT2D eigenvalue weighted by atomic mass is 16.5. The van der Waals surface area contributed by atoms with Gasteiger partial charge < -0.3 is 4.74 Å². The van der Waals surface area contributed by atoms with E-state index in [0.717, 1.165) is 29.5 Å². The van der Waals surface area contributed by atoms with Gasteiger partial charge in [0, 0.05) is 29.7 Å². The second-order valence-corrected chi connectivity index (χ2v) is 7.45. The number of hydrogen-bond donors (Lipinski definition) is 0. The summed E-state index contributed by atoms with van der Waals surface area (Å²) in [4.78, 5) is 24.2. The summed E-state index contributed by atoms with van der Waals surface area (Å²) in [5, 5.41) is 0. The van der Waals surface area contributed by atoms with Gasteiger partial charge in [-0.05, 0) is 49.9 Å². The van der Waals surface area contributed by atoms with E-state index in [4.69, 9.17) is 4.74 Å². The standard InChI is InChI=1S/C20H24O3/c1-12-9-15-16(10-18(12)23-14(3)21)19(4)8-6-7-13(2)20(19,5)11-17(15)22/h7,9-10H,6,8,11H2,1-5H3/t19-,20+/m1/s1. The SMILES string of the molecule is CC(=O)Oc1cc2c(cc1C)C(=O)C[C@@]1(C)C(C)=CCC[C@]21C. The minimum absolute atomic E-state index is 0.113. The van der Waals surface area contributed by atoms with Crippen LogP contribution in [0.2, 0.25) is 0 Å². The number of carbonyl (C=O) groups is 2. The molecule has 3 nitrogen and oxygen atoms in total. The summed E-state index contributed by atoms with van der Waals surface area (Å²) in [5.74, 6) is 0.427. The molecule has 0 saturated carbocycles. The number of carbonyl (C=O) groups excluding carboxylic acids is 2. The first kappa shape index (κ1) is 16.0. The van der Waals surface area contributed by atoms with Crippen molar-refractivity contribution >= 4 is 11.8 Å². The molecule has 2 aliphatic carbocycles. The molecule has 1 aromatic rings. The molecule has 0 N–H and O–H groups in total. The number of hydrogen-bond acceptors (Lipinski definition) is 3. The van der Waals surface area contributed by atoms with E-state index in [1.807, 2.05) is 19.1 Å². The van der Waals surface area contributed by atoms with Crippen molar-refractivity contribution in [2.45, 2.75) is 59.3 Å². The van der Waals surface area contributed by atoms with Crippen molar-refractivity contribution in [3.05, 3.63) is 40.5 Å². The van der Waals surface area contributed by atoms with E-state index in [-0.39, 0.29) is 22.6 Å². The van der Waals surface area contributed by atoms with Crippen LogP contribution in [-0.4, -0.2) is 11.8 Å². The minimum Gasteiger partial charge on any atom is -0.426 e. The van der Waals surface area contributed by atoms with Crippen LogP contribution in [0.5, 0.6) is 5.75 Å². The molecule has 0 spiro atoms. The van der Waals surface area contributed by atoms with Crippen LogP contribution in [0, 0.1) is 12.3 Å². The maximum absolute atomic E-state index is 12.8. The third-order valence-corrected chi connectivity index (χ3v) is 6.16. The lowest BCUT2D eigenvalue weighted by Crippen LogP contribution is -2.49. The Morgan fingerprint density at radius 1 is 1.17 bits per heavy atom. The zero-order chi connectivity index (χ0) is 17.0. The molecule has 0 radical (unpaired) electrons. The van der Waals surface area contributed by atoms with Gasteiger partial charge in [0.2, 0.25) is 0 Å². The van der Waals surface area contributed by atoms with Crippen LogP contribution in [0.15, 0.2) is 23.8 Å². The van der Waals surface area contributed by atoms with E-state index < -0.39 is 0 Å². The molecule has 2 atom stereocenters. The third-order valence-electron chi connectivity index (χ3n) is 6.16. The smallest absolute Gasteiger partial charge is 0.308 e. The molecular formula is C20H24O3. The van der Waals surface area contributed by atoms with Crippen molar-refractivity contribution in [1.29, 1.82) is 0 Å². The van der Waals surface area contributed by atoms with Crippen LogP contribution in [0.4, 0.5) is 0 Å². The Morgan fingerprint density at radius 3 is 2.52 bits per heavy atom. The summed E-state index contributed by atoms with van der Waals surface area (Å²) in [6.45, 7) is 9.88. The number of ether oxygens (including phenoxy) is 1. The van der Waals surface area contributed by atoms with E-state index in [9.17, 15) is 9.59 Å². The first-order valence-corrected chi connectivity index (χ1v) is 8.23. The van der Waals surface area contributed by atoms with Crippen LogP contribution >= 0.6 is 0 Å². The minimum atomic E-state index is -0.331. The van der Waals surface area contributed by atoms with Crippen LogP contribution in [0.1, 0.15) is 68.4 Å². The van der Waals surface area contributed by atoms with Crippen molar-refractivity contribution in [3.63, 3.8) is 0 Å². The fourth-order valence-corrected chi connectivity index (χ4v) is 4.34. The molecule has 1 aromatic carbocycles. The number of ketones is 1. The highest BCUT2D eigenvalue weighted by molar-refractivity contribution is 6.01. The van der Waals surface area contributed by atoms with Crippen molar-refractivity contribution in [2.24, 2.45) is 5.41 Å². The number of esters is 1. The molecule has 2 aliphatic rings. The van der Waals surface area contributed by atoms with Gasteiger partial charge >= 0.3 is 5.97 Å². The molecule has 0 aromatic heterocycles. The molecule has 0 aliphatic heterocycles. The maximum Gasteiger partial charge on any atom is 0.308 e. The van der Waals surface area contributed by atoms with Gasteiger partial charge in [0.15, 0.2) is 5.78 Å². The summed E-state index contributed by atoms with van der Waals surface area (Å²) in [7, 11) is 0. The largest absolute Gasteiger partial charge is 0.426 e. The van der Waals surface area contributed by atoms with Gasteiger partial charge in [-0.1, -0.05) is 25.5 Å². The van der Waals surface area contributed by atoms with Gasteiger partial charge in [0.1, 0.15) is 5.75 Å². The van der Waals surface area contributed by atoms with Gasteiger partial charge in [-0.25, -0.2) is 0 Å². The van der Waals surface area contributed by atoms with Gasteiger partial charge in [-0.15, -0.1) is 0 Å². The topological polar surface area (TPSA) is 43.4 Å². The molecule has 0 heterocycles. The van der Waals surface area contributed by atoms with Crippen LogP contribution < -0.4 is 4.74 Å². The zero-order valence-corrected chi connectivity index (χ0v) is 14.6. The number of fused-ring (bicyclic) bond motifs is 3. The zero-order valence-electron chi connectivity index (χ0n) is 14.6. The average molecular weight is 312 g/mol. The number of benzene rings is 1. The fourth-order valence-electron chi connectivity index (χ4n) is 4.34. The predicted molar refractivity (Wildman–Crippen MR) is 89.9 cm³/mol. The molecule has 0 amide bonds. The molecule has 3 heteroatoms. The van der Waals surface area contributed by atoms with E-state index >= 15 is 0 Å². The highest BCUT2D eigenvalue weighted by Gasteiger charge is 2.53. The predicted octanol–water partition coefficient (Wildman–Crippen LogP) is 4.51. The van der Waals surface area contributed by atoms with Crippen molar-refractivity contribution < 1.29 is 14.3 Å². The Kier molecular flexibility index (Phi) is 3.51. The number of rotatable bonds is 1. The van der Waals surface area contributed by atoms with Gasteiger partial charge in [-0.3, -0.25) is 9.59 Å². The molecule has 0 fully saturated rings. The Labute approximate surface area is 137 Å². The summed E-state index contributed by atoms with van der Waals surface area (Å²) in [5.41, 5.74) is 3.68. The lowest BCUT2D eigenvalue weighted by atomic mass is 9.49. The Morgan fingerprint density at radius 2 is 1.87 bits per heavy atom. The number of Topliss-reactive ketones (excluding diaryl/α,β-unsaturated/α-hetero) is 1. The summed E-state index contributed by atoms with van der Waals surface area (Å²) in [6, 6.07) is 3.83. The molecular weight excluding hydrogens is 288 g/mol. The second kappa shape index (κ2) is 5.05. The van der Waals surface area contributed by atoms with Crippen molar-refractivity contribution in [1.82, 2.24) is 0 Å². The van der Waals surface area contributed by atoms with Gasteiger partial charge in [0.05, 0.1) is 0 Å². The summed E-state index contributed by atoms with van der Waals surface area (Å²) >= 11 is 0. The summed E-state index contributed by atoms with van der Waals surface area (Å²) < 4.78 is 5.37. The summed E-state index contributed by atoms with van der Waals surface area (Å²) in [6.07, 6.45) is 4.83. The average Bonchev–Trinajstić information content (AvgIpc) is 2.45. The van der Waals surface area contributed by atoms with Crippen LogP contribution in [0.25, 0.3) is 0 Å².